The minimum absolute atomic E-state index is 1.00. The van der Waals surface area contributed by atoms with Crippen LogP contribution in [0.4, 0.5) is 5.69 Å². The van der Waals surface area contributed by atoms with Gasteiger partial charge < -0.3 is 9.88 Å². The van der Waals surface area contributed by atoms with Gasteiger partial charge in [-0.05, 0) is 25.1 Å². The molecule has 0 amide bonds. The van der Waals surface area contributed by atoms with E-state index in [0.29, 0.717) is 0 Å². The van der Waals surface area contributed by atoms with Gasteiger partial charge in [0.25, 0.3) is 0 Å². The number of hydrogen-bond acceptors (Lipinski definition) is 1. The van der Waals surface area contributed by atoms with Gasteiger partial charge in [0.1, 0.15) is 0 Å². The molecule has 0 radical (unpaired) electrons. The molecule has 0 bridgehead atoms. The third kappa shape index (κ3) is 1.80. The zero-order valence-electron chi connectivity index (χ0n) is 11.7. The number of H-pyrrole nitrogens is 1. The number of anilines is 1. The molecule has 1 N–H and O–H groups in total. The molecule has 0 saturated carbocycles. The van der Waals surface area contributed by atoms with E-state index in [9.17, 15) is 0 Å². The molecule has 20 heavy (non-hydrogen) atoms. The SMILES string of the molecule is Cc1ccc(N2CCc3[nH]c4ccccc4c3C2)cc1. The van der Waals surface area contributed by atoms with Crippen LogP contribution in [-0.2, 0) is 13.0 Å². The third-order valence-electron chi connectivity index (χ3n) is 4.28. The summed E-state index contributed by atoms with van der Waals surface area (Å²) in [6.07, 6.45) is 1.10. The lowest BCUT2D eigenvalue weighted by molar-refractivity contribution is 0.726. The van der Waals surface area contributed by atoms with Gasteiger partial charge in [-0.3, -0.25) is 0 Å². The van der Waals surface area contributed by atoms with Crippen molar-refractivity contribution in [1.82, 2.24) is 4.98 Å². The van der Waals surface area contributed by atoms with Crippen molar-refractivity contribution in [3.63, 3.8) is 0 Å². The van der Waals surface area contributed by atoms with Crippen molar-refractivity contribution < 1.29 is 0 Å². The molecule has 0 unspecified atom stereocenters. The number of aromatic nitrogens is 1. The highest BCUT2D eigenvalue weighted by Crippen LogP contribution is 2.30. The van der Waals surface area contributed by atoms with Gasteiger partial charge in [-0.15, -0.1) is 0 Å². The normalized spacial score (nSPS) is 14.6. The molecule has 2 nitrogen and oxygen atoms in total. The van der Waals surface area contributed by atoms with E-state index in [0.717, 1.165) is 19.5 Å². The van der Waals surface area contributed by atoms with Gasteiger partial charge in [0.15, 0.2) is 0 Å². The first kappa shape index (κ1) is 11.6. The number of fused-ring (bicyclic) bond motifs is 3. The predicted octanol–water partition coefficient (Wildman–Crippen LogP) is 4.04. The van der Waals surface area contributed by atoms with Crippen LogP contribution in [0.1, 0.15) is 16.8 Å². The van der Waals surface area contributed by atoms with E-state index in [1.807, 2.05) is 0 Å². The number of benzene rings is 2. The molecule has 1 aliphatic rings. The lowest BCUT2D eigenvalue weighted by Crippen LogP contribution is -2.29. The number of nitrogens with one attached hydrogen (secondary N) is 1. The Balaban J connectivity index is 1.73. The molecule has 2 heterocycles. The Hall–Kier alpha value is -2.22. The molecular weight excluding hydrogens is 244 g/mol. The Kier molecular flexibility index (Phi) is 2.56. The number of aryl methyl sites for hydroxylation is 1. The number of nitrogens with zero attached hydrogens (tertiary/aromatic N) is 1. The van der Waals surface area contributed by atoms with Gasteiger partial charge in [-0.25, -0.2) is 0 Å². The second kappa shape index (κ2) is 4.41. The van der Waals surface area contributed by atoms with Crippen molar-refractivity contribution in [2.75, 3.05) is 11.4 Å². The van der Waals surface area contributed by atoms with Crippen molar-refractivity contribution >= 4 is 16.6 Å². The summed E-state index contributed by atoms with van der Waals surface area (Å²) in [7, 11) is 0. The van der Waals surface area contributed by atoms with Crippen LogP contribution in [0.25, 0.3) is 10.9 Å². The first-order valence-corrected chi connectivity index (χ1v) is 7.21. The second-order valence-electron chi connectivity index (χ2n) is 5.63. The summed E-state index contributed by atoms with van der Waals surface area (Å²) in [6.45, 7) is 4.23. The maximum absolute atomic E-state index is 3.57. The fraction of sp³-hybridized carbons (Fsp3) is 0.222. The Labute approximate surface area is 119 Å². The van der Waals surface area contributed by atoms with Gasteiger partial charge in [-0.2, -0.15) is 0 Å². The quantitative estimate of drug-likeness (QED) is 0.701. The average molecular weight is 262 g/mol. The van der Waals surface area contributed by atoms with Crippen LogP contribution in [0.5, 0.6) is 0 Å². The van der Waals surface area contributed by atoms with Gasteiger partial charge in [0, 0.05) is 47.4 Å². The van der Waals surface area contributed by atoms with Crippen LogP contribution in [-0.4, -0.2) is 11.5 Å². The molecular formula is C18H18N2. The summed E-state index contributed by atoms with van der Waals surface area (Å²) in [5, 5.41) is 1.37. The average Bonchev–Trinajstić information content (AvgIpc) is 2.86. The highest BCUT2D eigenvalue weighted by molar-refractivity contribution is 5.85. The van der Waals surface area contributed by atoms with E-state index in [4.69, 9.17) is 0 Å². The summed E-state index contributed by atoms with van der Waals surface area (Å²) in [6, 6.07) is 17.5. The van der Waals surface area contributed by atoms with Gasteiger partial charge in [-0.1, -0.05) is 35.9 Å². The minimum atomic E-state index is 1.00. The monoisotopic (exact) mass is 262 g/mol. The van der Waals surface area contributed by atoms with E-state index in [2.05, 4.69) is 65.3 Å². The van der Waals surface area contributed by atoms with Crippen LogP contribution in [0.2, 0.25) is 0 Å². The van der Waals surface area contributed by atoms with Gasteiger partial charge >= 0.3 is 0 Å². The molecule has 100 valence electrons. The highest BCUT2D eigenvalue weighted by atomic mass is 15.1. The molecule has 0 saturated heterocycles. The first-order valence-electron chi connectivity index (χ1n) is 7.21. The van der Waals surface area contributed by atoms with Gasteiger partial charge in [0.2, 0.25) is 0 Å². The topological polar surface area (TPSA) is 19.0 Å². The largest absolute Gasteiger partial charge is 0.367 e. The van der Waals surface area contributed by atoms with Crippen LogP contribution >= 0.6 is 0 Å². The molecule has 0 fully saturated rings. The summed E-state index contributed by atoms with van der Waals surface area (Å²) in [5.41, 5.74) is 6.79. The first-order chi connectivity index (χ1) is 9.81. The maximum Gasteiger partial charge on any atom is 0.0459 e. The number of para-hydroxylation sites is 1. The Morgan fingerprint density at radius 3 is 2.65 bits per heavy atom. The van der Waals surface area contributed by atoms with Crippen molar-refractivity contribution in [2.45, 2.75) is 19.9 Å². The van der Waals surface area contributed by atoms with E-state index in [-0.39, 0.29) is 0 Å². The number of hydrogen-bond donors (Lipinski definition) is 1. The standard InChI is InChI=1S/C18H18N2/c1-13-6-8-14(9-7-13)20-11-10-18-16(12-20)15-4-2-3-5-17(15)19-18/h2-9,19H,10-12H2,1H3. The lowest BCUT2D eigenvalue weighted by Gasteiger charge is -2.29. The minimum Gasteiger partial charge on any atom is -0.367 e. The summed E-state index contributed by atoms with van der Waals surface area (Å²) in [4.78, 5) is 6.04. The van der Waals surface area contributed by atoms with Crippen LogP contribution in [0, 0.1) is 6.92 Å². The van der Waals surface area contributed by atoms with E-state index in [1.54, 1.807) is 0 Å². The second-order valence-corrected chi connectivity index (χ2v) is 5.63. The number of rotatable bonds is 1. The lowest BCUT2D eigenvalue weighted by atomic mass is 10.0. The summed E-state index contributed by atoms with van der Waals surface area (Å²) < 4.78 is 0. The third-order valence-corrected chi connectivity index (χ3v) is 4.28. The van der Waals surface area contributed by atoms with Gasteiger partial charge in [0.05, 0.1) is 0 Å². The molecule has 0 atom stereocenters. The van der Waals surface area contributed by atoms with E-state index in [1.165, 1.54) is 33.4 Å². The highest BCUT2D eigenvalue weighted by Gasteiger charge is 2.20. The zero-order chi connectivity index (χ0) is 13.5. The molecule has 4 rings (SSSR count). The Morgan fingerprint density at radius 2 is 1.80 bits per heavy atom. The molecule has 2 heteroatoms. The van der Waals surface area contributed by atoms with Crippen molar-refractivity contribution in [3.05, 3.63) is 65.4 Å². The Morgan fingerprint density at radius 1 is 1.00 bits per heavy atom. The molecule has 1 aliphatic heterocycles. The predicted molar refractivity (Wildman–Crippen MR) is 84.2 cm³/mol. The summed E-state index contributed by atoms with van der Waals surface area (Å²) >= 11 is 0. The van der Waals surface area contributed by atoms with Crippen molar-refractivity contribution in [3.8, 4) is 0 Å². The van der Waals surface area contributed by atoms with E-state index >= 15 is 0 Å². The van der Waals surface area contributed by atoms with Crippen LogP contribution < -0.4 is 4.90 Å². The van der Waals surface area contributed by atoms with Crippen molar-refractivity contribution in [2.24, 2.45) is 0 Å². The number of aromatic amines is 1. The Bertz CT molecular complexity index is 753. The van der Waals surface area contributed by atoms with Crippen molar-refractivity contribution in [1.29, 1.82) is 0 Å². The van der Waals surface area contributed by atoms with Crippen LogP contribution in [0.3, 0.4) is 0 Å². The maximum atomic E-state index is 3.57. The zero-order valence-corrected chi connectivity index (χ0v) is 11.7. The summed E-state index contributed by atoms with van der Waals surface area (Å²) in [5.74, 6) is 0. The molecule has 2 aromatic carbocycles. The molecule has 0 aliphatic carbocycles. The van der Waals surface area contributed by atoms with Crippen LogP contribution in [0.15, 0.2) is 48.5 Å². The van der Waals surface area contributed by atoms with E-state index < -0.39 is 0 Å². The fourth-order valence-electron chi connectivity index (χ4n) is 3.14. The molecule has 0 spiro atoms. The smallest absolute Gasteiger partial charge is 0.0459 e. The molecule has 1 aromatic heterocycles. The molecule has 3 aromatic rings. The fourth-order valence-corrected chi connectivity index (χ4v) is 3.14.